The third-order valence-corrected chi connectivity index (χ3v) is 21.4. The second-order valence-electron chi connectivity index (χ2n) is 10.4. The van der Waals surface area contributed by atoms with Crippen LogP contribution in [0.5, 0.6) is 0 Å². The second kappa shape index (κ2) is 12.1. The van der Waals surface area contributed by atoms with E-state index in [0.717, 1.165) is 32.9 Å². The van der Waals surface area contributed by atoms with E-state index in [1.807, 2.05) is 48.5 Å². The van der Waals surface area contributed by atoms with Gasteiger partial charge in [0.25, 0.3) is 11.8 Å². The summed E-state index contributed by atoms with van der Waals surface area (Å²) in [4.78, 5) is 22.7. The third kappa shape index (κ3) is 5.28. The van der Waals surface area contributed by atoms with Crippen LogP contribution < -0.4 is 14.0 Å². The molecule has 0 aromatic heterocycles. The number of amides is 2. The minimum atomic E-state index is -3.52. The average Bonchev–Trinajstić information content (AvgIpc) is 3.68. The number of ether oxygens (including phenoxy) is 1. The zero-order valence-corrected chi connectivity index (χ0v) is 27.6. The van der Waals surface area contributed by atoms with Crippen molar-refractivity contribution < 1.29 is 19.5 Å². The van der Waals surface area contributed by atoms with Gasteiger partial charge in [0, 0.05) is 0 Å². The van der Waals surface area contributed by atoms with Gasteiger partial charge in [-0.25, -0.2) is 0 Å². The predicted octanol–water partition coefficient (Wildman–Crippen LogP) is 5.22. The Morgan fingerprint density at radius 3 is 1.07 bits per heavy atom. The van der Waals surface area contributed by atoms with E-state index in [0.29, 0.717) is 0 Å². The van der Waals surface area contributed by atoms with Crippen LogP contribution in [0.4, 0.5) is 0 Å². The van der Waals surface area contributed by atoms with E-state index in [4.69, 9.17) is 56.3 Å². The predicted molar refractivity (Wildman–Crippen MR) is 169 cm³/mol. The molecule has 0 saturated carbocycles. The number of halogens is 4. The molecule has 2 amide bonds. The molecule has 1 N–H and O–H groups in total. The van der Waals surface area contributed by atoms with E-state index in [-0.39, 0.29) is 17.3 Å². The van der Waals surface area contributed by atoms with E-state index in [9.17, 15) is 9.59 Å². The first-order chi connectivity index (χ1) is 20.2. The largest absolute Gasteiger partial charge is 0.373 e. The molecule has 7 rings (SSSR count). The molecular formula is C32H25Cl4NO4Sb. The fourth-order valence-corrected chi connectivity index (χ4v) is 18.7. The molecule has 3 aliphatic heterocycles. The van der Waals surface area contributed by atoms with Crippen molar-refractivity contribution in [2.75, 3.05) is 0 Å². The van der Waals surface area contributed by atoms with E-state index in [1.165, 1.54) is 14.0 Å². The number of nitrogens with zero attached hydrogens (tertiary/aromatic N) is 1. The maximum absolute atomic E-state index is 11.4. The summed E-state index contributed by atoms with van der Waals surface area (Å²) in [5.41, 5.74) is 0. The Kier molecular flexibility index (Phi) is 8.65. The van der Waals surface area contributed by atoms with Crippen molar-refractivity contribution in [3.63, 3.8) is 0 Å². The Balaban J connectivity index is 0.000000200. The fourth-order valence-electron chi connectivity index (χ4n) is 6.25. The molecule has 0 spiro atoms. The van der Waals surface area contributed by atoms with Crippen LogP contribution in [-0.4, -0.2) is 53.1 Å². The van der Waals surface area contributed by atoms with Crippen molar-refractivity contribution in [1.82, 2.24) is 5.06 Å². The zero-order chi connectivity index (χ0) is 29.6. The van der Waals surface area contributed by atoms with E-state index < -0.39 is 42.5 Å². The molecule has 2 bridgehead atoms. The summed E-state index contributed by atoms with van der Waals surface area (Å²) in [5.74, 6) is -1.78. The number of hydrogen-bond donors (Lipinski definition) is 1. The SMILES string of the molecule is Clc1cc[c]([Sb]([c]2ccc(Cl)cc2)([c]2ccc(Cl)cc2)[c]2ccc(Cl)cc2)cc1.O=C1C2C(C(=O)N1O)[C@H]1CC[C@@H]2O1. The Hall–Kier alpha value is -2.08. The van der Waals surface area contributed by atoms with Crippen LogP contribution in [0.1, 0.15) is 12.8 Å². The molecule has 3 heterocycles. The van der Waals surface area contributed by atoms with Gasteiger partial charge in [0.15, 0.2) is 0 Å². The number of imide groups is 1. The smallest absolute Gasteiger partial charge is 0.259 e. The molecule has 5 nitrogen and oxygen atoms in total. The van der Waals surface area contributed by atoms with Crippen molar-refractivity contribution in [2.45, 2.75) is 25.0 Å². The van der Waals surface area contributed by atoms with Gasteiger partial charge in [-0.2, -0.15) is 5.06 Å². The van der Waals surface area contributed by atoms with Gasteiger partial charge in [0.2, 0.25) is 0 Å². The van der Waals surface area contributed by atoms with Crippen LogP contribution in [0, 0.1) is 11.8 Å². The summed E-state index contributed by atoms with van der Waals surface area (Å²) in [7, 11) is 0. The standard InChI is InChI=1S/C8H9NO4.4C6H4Cl.Sb/c10-7-5-3-1-2-4(13-3)6(5)8(11)9(7)12;4*7-6-4-2-1-3-5-6;/h3-6,12H,1-2H2;4*2-5H;/t3-,4+,5?,6?;;;;;. The van der Waals surface area contributed by atoms with Crippen LogP contribution in [0.3, 0.4) is 0 Å². The Morgan fingerprint density at radius 2 is 0.810 bits per heavy atom. The number of hydroxylamine groups is 2. The number of hydrogen-bond acceptors (Lipinski definition) is 4. The first kappa shape index (κ1) is 30.0. The Bertz CT molecular complexity index is 1400. The monoisotopic (exact) mass is 748 g/mol. The zero-order valence-electron chi connectivity index (χ0n) is 22.0. The van der Waals surface area contributed by atoms with Gasteiger partial charge < -0.3 is 4.74 Å². The first-order valence-corrected chi connectivity index (χ1v) is 20.0. The van der Waals surface area contributed by atoms with Crippen LogP contribution in [0.25, 0.3) is 0 Å². The first-order valence-electron chi connectivity index (χ1n) is 13.4. The average molecular weight is 751 g/mol. The topological polar surface area (TPSA) is 66.8 Å². The quantitative estimate of drug-likeness (QED) is 0.177. The molecule has 2 unspecified atom stereocenters. The number of benzene rings is 4. The summed E-state index contributed by atoms with van der Waals surface area (Å²) < 4.78 is 10.6. The van der Waals surface area contributed by atoms with E-state index >= 15 is 0 Å². The third-order valence-electron chi connectivity index (χ3n) is 8.12. The van der Waals surface area contributed by atoms with Crippen LogP contribution >= 0.6 is 46.4 Å². The fraction of sp³-hybridized carbons (Fsp3) is 0.188. The minimum Gasteiger partial charge on any atom is -0.373 e. The van der Waals surface area contributed by atoms with Gasteiger partial charge in [0.1, 0.15) is 0 Å². The van der Waals surface area contributed by atoms with Gasteiger partial charge in [-0.15, -0.1) is 0 Å². The number of carbonyl (C=O) groups is 2. The molecular weight excluding hydrogens is 726 g/mol. The summed E-state index contributed by atoms with van der Waals surface area (Å²) in [5, 5.41) is 12.3. The molecule has 0 aliphatic carbocycles. The summed E-state index contributed by atoms with van der Waals surface area (Å²) in [6.45, 7) is 0. The van der Waals surface area contributed by atoms with Gasteiger partial charge in [0.05, 0.1) is 24.0 Å². The molecule has 10 heteroatoms. The summed E-state index contributed by atoms with van der Waals surface area (Å²) in [6.07, 6.45) is 1.39. The van der Waals surface area contributed by atoms with Crippen molar-refractivity contribution in [3.05, 3.63) is 117 Å². The molecule has 3 aliphatic rings. The van der Waals surface area contributed by atoms with Crippen molar-refractivity contribution in [2.24, 2.45) is 11.8 Å². The van der Waals surface area contributed by atoms with Crippen LogP contribution in [-0.2, 0) is 14.3 Å². The van der Waals surface area contributed by atoms with Gasteiger partial charge >= 0.3 is 196 Å². The molecule has 1 radical (unpaired) electrons. The Labute approximate surface area is 267 Å². The number of carbonyl (C=O) groups excluding carboxylic acids is 2. The van der Waals surface area contributed by atoms with Crippen LogP contribution in [0.2, 0.25) is 20.1 Å². The molecule has 215 valence electrons. The summed E-state index contributed by atoms with van der Waals surface area (Å²) in [6, 6.07) is 32.8. The molecule has 4 aromatic carbocycles. The van der Waals surface area contributed by atoms with Crippen molar-refractivity contribution in [3.8, 4) is 0 Å². The molecule has 3 fully saturated rings. The van der Waals surface area contributed by atoms with Gasteiger partial charge in [-0.05, 0) is 12.8 Å². The van der Waals surface area contributed by atoms with E-state index in [1.54, 1.807) is 0 Å². The Morgan fingerprint density at radius 1 is 0.548 bits per heavy atom. The van der Waals surface area contributed by atoms with Crippen LogP contribution in [0.15, 0.2) is 97.1 Å². The van der Waals surface area contributed by atoms with Crippen molar-refractivity contribution >= 4 is 91.1 Å². The van der Waals surface area contributed by atoms with Gasteiger partial charge in [-0.1, -0.05) is 0 Å². The van der Waals surface area contributed by atoms with Crippen molar-refractivity contribution in [1.29, 1.82) is 0 Å². The normalized spacial score (nSPS) is 22.6. The van der Waals surface area contributed by atoms with E-state index in [2.05, 4.69) is 48.5 Å². The number of fused-ring (bicyclic) bond motifs is 5. The minimum absolute atomic E-state index is 0.136. The summed E-state index contributed by atoms with van der Waals surface area (Å²) >= 11 is 21.4. The molecule has 4 aromatic rings. The second-order valence-corrected chi connectivity index (χ2v) is 21.9. The number of rotatable bonds is 4. The van der Waals surface area contributed by atoms with Gasteiger partial charge in [-0.3, -0.25) is 14.8 Å². The molecule has 3 saturated heterocycles. The molecule has 4 atom stereocenters. The maximum atomic E-state index is 11.4. The molecule has 42 heavy (non-hydrogen) atoms. The maximum Gasteiger partial charge on any atom is 0.259 e.